The standard InChI is InChI=1S/C19H26N6O2S/c26-18(23-10-17-21-5-6-22-17)7-14-3-4-15(25(14)11-13-1-2-13)8-24-19(27)16-9-20-12-28-16/h5-6,9,12-15H,1-4,7-8,10-11H2,(H,21,22)(H,23,26)(H,24,27)/t14-,15+/m1/s1. The fourth-order valence-corrected chi connectivity index (χ4v) is 4.37. The lowest BCUT2D eigenvalue weighted by Crippen LogP contribution is -2.45. The van der Waals surface area contributed by atoms with Crippen LogP contribution >= 0.6 is 11.3 Å². The van der Waals surface area contributed by atoms with E-state index >= 15 is 0 Å². The highest BCUT2D eigenvalue weighted by molar-refractivity contribution is 7.11. The maximum absolute atomic E-state index is 12.4. The van der Waals surface area contributed by atoms with Crippen LogP contribution in [0.4, 0.5) is 0 Å². The smallest absolute Gasteiger partial charge is 0.263 e. The van der Waals surface area contributed by atoms with Gasteiger partial charge in [-0.15, -0.1) is 11.3 Å². The molecule has 0 radical (unpaired) electrons. The Morgan fingerprint density at radius 3 is 2.79 bits per heavy atom. The van der Waals surface area contributed by atoms with Gasteiger partial charge in [0.25, 0.3) is 5.91 Å². The van der Waals surface area contributed by atoms with Crippen LogP contribution < -0.4 is 10.6 Å². The highest BCUT2D eigenvalue weighted by atomic mass is 32.1. The van der Waals surface area contributed by atoms with E-state index in [0.717, 1.165) is 31.1 Å². The van der Waals surface area contributed by atoms with Gasteiger partial charge in [0.1, 0.15) is 10.7 Å². The molecule has 1 aliphatic heterocycles. The second kappa shape index (κ2) is 8.83. The molecular weight excluding hydrogens is 376 g/mol. The minimum absolute atomic E-state index is 0.0524. The van der Waals surface area contributed by atoms with Gasteiger partial charge in [-0.05, 0) is 31.6 Å². The first-order valence-corrected chi connectivity index (χ1v) is 10.7. The van der Waals surface area contributed by atoms with E-state index in [9.17, 15) is 9.59 Å². The Hall–Kier alpha value is -2.26. The second-order valence-electron chi connectivity index (χ2n) is 7.62. The van der Waals surface area contributed by atoms with Gasteiger partial charge < -0.3 is 15.6 Å². The topological polar surface area (TPSA) is 103 Å². The minimum atomic E-state index is -0.0616. The zero-order valence-corrected chi connectivity index (χ0v) is 16.6. The highest BCUT2D eigenvalue weighted by Gasteiger charge is 2.38. The van der Waals surface area contributed by atoms with Gasteiger partial charge in [0.15, 0.2) is 0 Å². The van der Waals surface area contributed by atoms with Crippen LogP contribution in [0.1, 0.15) is 47.6 Å². The van der Waals surface area contributed by atoms with Gasteiger partial charge >= 0.3 is 0 Å². The lowest BCUT2D eigenvalue weighted by molar-refractivity contribution is -0.122. The molecule has 150 valence electrons. The van der Waals surface area contributed by atoms with Crippen LogP contribution in [-0.2, 0) is 11.3 Å². The molecule has 0 bridgehead atoms. The van der Waals surface area contributed by atoms with Crippen LogP contribution in [0, 0.1) is 5.92 Å². The average molecular weight is 403 g/mol. The third-order valence-electron chi connectivity index (χ3n) is 5.52. The number of carbonyl (C=O) groups is 2. The zero-order valence-electron chi connectivity index (χ0n) is 15.8. The molecule has 2 amide bonds. The molecule has 9 heteroatoms. The second-order valence-corrected chi connectivity index (χ2v) is 8.50. The van der Waals surface area contributed by atoms with Gasteiger partial charge in [0.2, 0.25) is 5.91 Å². The first-order chi connectivity index (χ1) is 13.7. The molecule has 0 unspecified atom stereocenters. The van der Waals surface area contributed by atoms with Crippen molar-refractivity contribution in [3.8, 4) is 0 Å². The maximum atomic E-state index is 12.4. The maximum Gasteiger partial charge on any atom is 0.263 e. The van der Waals surface area contributed by atoms with Crippen molar-refractivity contribution in [1.29, 1.82) is 0 Å². The zero-order chi connectivity index (χ0) is 19.3. The predicted molar refractivity (Wildman–Crippen MR) is 106 cm³/mol. The Kier molecular flexibility index (Phi) is 6.01. The van der Waals surface area contributed by atoms with Gasteiger partial charge in [0.05, 0.1) is 18.3 Å². The first kappa shape index (κ1) is 19.1. The SMILES string of the molecule is O=C(C[C@H]1CC[C@@H](CNC(=O)c2cncs2)N1CC1CC1)NCc1ncc[nH]1. The Labute approximate surface area is 168 Å². The quantitative estimate of drug-likeness (QED) is 0.590. The number of carbonyl (C=O) groups excluding carboxylic acids is 2. The molecule has 1 saturated heterocycles. The molecular formula is C19H26N6O2S. The molecule has 1 aliphatic carbocycles. The largest absolute Gasteiger partial charge is 0.350 e. The van der Waals surface area contributed by atoms with E-state index in [2.05, 4.69) is 30.5 Å². The van der Waals surface area contributed by atoms with Crippen molar-refractivity contribution >= 4 is 23.2 Å². The van der Waals surface area contributed by atoms with Crippen LogP contribution in [-0.4, -0.2) is 56.8 Å². The number of imidazole rings is 1. The van der Waals surface area contributed by atoms with Crippen molar-refractivity contribution in [2.75, 3.05) is 13.1 Å². The first-order valence-electron chi connectivity index (χ1n) is 9.86. The number of nitrogens with zero attached hydrogens (tertiary/aromatic N) is 3. The number of nitrogens with one attached hydrogen (secondary N) is 3. The van der Waals surface area contributed by atoms with Gasteiger partial charge in [-0.1, -0.05) is 0 Å². The van der Waals surface area contributed by atoms with Gasteiger partial charge in [-0.3, -0.25) is 19.5 Å². The number of H-pyrrole nitrogens is 1. The van der Waals surface area contributed by atoms with Crippen LogP contribution in [0.2, 0.25) is 0 Å². The van der Waals surface area contributed by atoms with Crippen molar-refractivity contribution in [2.45, 2.75) is 50.7 Å². The number of rotatable bonds is 9. The molecule has 3 heterocycles. The summed E-state index contributed by atoms with van der Waals surface area (Å²) in [6.07, 6.45) is 10.1. The molecule has 2 aromatic rings. The van der Waals surface area contributed by atoms with Crippen LogP contribution in [0.25, 0.3) is 0 Å². The number of aromatic amines is 1. The van der Waals surface area contributed by atoms with E-state index < -0.39 is 0 Å². The lowest BCUT2D eigenvalue weighted by Gasteiger charge is -2.30. The summed E-state index contributed by atoms with van der Waals surface area (Å²) in [6.45, 7) is 2.07. The minimum Gasteiger partial charge on any atom is -0.350 e. The Morgan fingerprint density at radius 1 is 1.21 bits per heavy atom. The number of likely N-dealkylation sites (tertiary alicyclic amines) is 1. The van der Waals surface area contributed by atoms with E-state index in [0.29, 0.717) is 30.4 Å². The predicted octanol–water partition coefficient (Wildman–Crippen LogP) is 1.55. The number of aromatic nitrogens is 3. The molecule has 1 saturated carbocycles. The molecule has 3 N–H and O–H groups in total. The monoisotopic (exact) mass is 402 g/mol. The van der Waals surface area contributed by atoms with Crippen LogP contribution in [0.15, 0.2) is 24.1 Å². The number of hydrogen-bond acceptors (Lipinski definition) is 6. The van der Waals surface area contributed by atoms with E-state index in [1.54, 1.807) is 24.1 Å². The molecule has 2 fully saturated rings. The van der Waals surface area contributed by atoms with Crippen molar-refractivity contribution in [3.05, 3.63) is 34.8 Å². The molecule has 2 aromatic heterocycles. The Bertz CT molecular complexity index is 774. The van der Waals surface area contributed by atoms with Crippen molar-refractivity contribution in [3.63, 3.8) is 0 Å². The van der Waals surface area contributed by atoms with Crippen molar-refractivity contribution in [1.82, 2.24) is 30.5 Å². The lowest BCUT2D eigenvalue weighted by atomic mass is 10.1. The molecule has 0 aromatic carbocycles. The summed E-state index contributed by atoms with van der Waals surface area (Å²) in [4.78, 5) is 38.8. The number of amides is 2. The van der Waals surface area contributed by atoms with E-state index in [4.69, 9.17) is 0 Å². The summed E-state index contributed by atoms with van der Waals surface area (Å²) >= 11 is 1.35. The molecule has 0 spiro atoms. The van der Waals surface area contributed by atoms with Crippen molar-refractivity contribution in [2.24, 2.45) is 5.92 Å². The number of thiazole rings is 1. The average Bonchev–Trinajstić information content (AvgIpc) is 3.12. The van der Waals surface area contributed by atoms with Crippen LogP contribution in [0.5, 0.6) is 0 Å². The summed E-state index contributed by atoms with van der Waals surface area (Å²) < 4.78 is 0. The fourth-order valence-electron chi connectivity index (χ4n) is 3.84. The molecule has 2 aliphatic rings. The molecule has 2 atom stereocenters. The normalized spacial score (nSPS) is 22.3. The molecule has 28 heavy (non-hydrogen) atoms. The highest BCUT2D eigenvalue weighted by Crippen LogP contribution is 2.35. The van der Waals surface area contributed by atoms with E-state index in [-0.39, 0.29) is 17.9 Å². The van der Waals surface area contributed by atoms with Gasteiger partial charge in [-0.25, -0.2) is 4.98 Å². The van der Waals surface area contributed by atoms with Crippen molar-refractivity contribution < 1.29 is 9.59 Å². The summed E-state index contributed by atoms with van der Waals surface area (Å²) in [6, 6.07) is 0.530. The van der Waals surface area contributed by atoms with E-state index in [1.165, 1.54) is 24.2 Å². The summed E-state index contributed by atoms with van der Waals surface area (Å²) in [5, 5.41) is 6.00. The number of hydrogen-bond donors (Lipinski definition) is 3. The van der Waals surface area contributed by atoms with Gasteiger partial charge in [0, 0.05) is 44.0 Å². The molecule has 4 rings (SSSR count). The Balaban J connectivity index is 1.29. The van der Waals surface area contributed by atoms with Gasteiger partial charge in [-0.2, -0.15) is 0 Å². The molecule has 8 nitrogen and oxygen atoms in total. The van der Waals surface area contributed by atoms with E-state index in [1.807, 2.05) is 0 Å². The Morgan fingerprint density at radius 2 is 2.07 bits per heavy atom. The summed E-state index contributed by atoms with van der Waals surface area (Å²) in [5.41, 5.74) is 1.67. The summed E-state index contributed by atoms with van der Waals surface area (Å²) in [7, 11) is 0. The van der Waals surface area contributed by atoms with Crippen LogP contribution in [0.3, 0.4) is 0 Å². The third kappa shape index (κ3) is 4.96. The third-order valence-corrected chi connectivity index (χ3v) is 6.29. The summed E-state index contributed by atoms with van der Waals surface area (Å²) in [5.74, 6) is 1.50. The fraction of sp³-hybridized carbons (Fsp3) is 0.579.